The number of hydrogen-bond acceptors (Lipinski definition) is 6. The average Bonchev–Trinajstić information content (AvgIpc) is 3.17. The topological polar surface area (TPSA) is 57.4 Å². The Balaban J connectivity index is 1.62. The van der Waals surface area contributed by atoms with Gasteiger partial charge in [0.15, 0.2) is 0 Å². The summed E-state index contributed by atoms with van der Waals surface area (Å²) in [5.74, 6) is 2.20. The smallest absolute Gasteiger partial charge is 0.276 e. The summed E-state index contributed by atoms with van der Waals surface area (Å²) in [6.45, 7) is 0.867. The molecule has 1 aromatic carbocycles. The first-order valence-electron chi connectivity index (χ1n) is 6.57. The van der Waals surface area contributed by atoms with Gasteiger partial charge in [0.05, 0.1) is 13.2 Å². The van der Waals surface area contributed by atoms with Gasteiger partial charge in [-0.15, -0.1) is 10.2 Å². The van der Waals surface area contributed by atoms with E-state index in [1.165, 1.54) is 0 Å². The molecular formula is C14H16N2O3S. The van der Waals surface area contributed by atoms with E-state index in [1.54, 1.807) is 18.9 Å². The van der Waals surface area contributed by atoms with Crippen molar-refractivity contribution in [2.45, 2.75) is 24.2 Å². The minimum absolute atomic E-state index is 0.316. The fourth-order valence-corrected chi connectivity index (χ4v) is 2.89. The molecule has 0 bridgehead atoms. The molecule has 1 aromatic heterocycles. The molecule has 1 fully saturated rings. The third kappa shape index (κ3) is 3.13. The van der Waals surface area contributed by atoms with E-state index in [-0.39, 0.29) is 0 Å². The fraction of sp³-hybridized carbons (Fsp3) is 0.429. The van der Waals surface area contributed by atoms with Gasteiger partial charge in [-0.05, 0) is 37.1 Å². The van der Waals surface area contributed by atoms with Crippen molar-refractivity contribution in [3.8, 4) is 17.2 Å². The van der Waals surface area contributed by atoms with Gasteiger partial charge in [-0.25, -0.2) is 0 Å². The summed E-state index contributed by atoms with van der Waals surface area (Å²) in [5, 5.41) is 8.71. The maximum Gasteiger partial charge on any atom is 0.276 e. The largest absolute Gasteiger partial charge is 0.497 e. The quantitative estimate of drug-likeness (QED) is 0.790. The van der Waals surface area contributed by atoms with Crippen molar-refractivity contribution in [3.05, 3.63) is 24.3 Å². The highest BCUT2D eigenvalue weighted by Crippen LogP contribution is 2.26. The molecule has 3 rings (SSSR count). The summed E-state index contributed by atoms with van der Waals surface area (Å²) in [4.78, 5) is 0. The van der Waals surface area contributed by atoms with Crippen LogP contribution in [0.15, 0.2) is 33.9 Å². The van der Waals surface area contributed by atoms with E-state index in [9.17, 15) is 0 Å². The van der Waals surface area contributed by atoms with Crippen molar-refractivity contribution in [2.75, 3.05) is 19.5 Å². The third-order valence-electron chi connectivity index (χ3n) is 3.16. The molecule has 20 heavy (non-hydrogen) atoms. The molecule has 0 spiro atoms. The second-order valence-electron chi connectivity index (χ2n) is 4.55. The Morgan fingerprint density at radius 1 is 1.30 bits per heavy atom. The van der Waals surface area contributed by atoms with Crippen molar-refractivity contribution in [2.24, 2.45) is 0 Å². The summed E-state index contributed by atoms with van der Waals surface area (Å²) in [6, 6.07) is 7.55. The zero-order chi connectivity index (χ0) is 13.8. The first-order chi connectivity index (χ1) is 9.85. The number of rotatable bonds is 5. The second-order valence-corrected chi connectivity index (χ2v) is 5.52. The van der Waals surface area contributed by atoms with Gasteiger partial charge in [0.1, 0.15) is 5.75 Å². The Labute approximate surface area is 121 Å². The Morgan fingerprint density at radius 3 is 2.85 bits per heavy atom. The Kier molecular flexibility index (Phi) is 4.22. The van der Waals surface area contributed by atoms with Crippen LogP contribution in [-0.4, -0.2) is 35.8 Å². The van der Waals surface area contributed by atoms with Crippen LogP contribution in [0.3, 0.4) is 0 Å². The maximum absolute atomic E-state index is 5.65. The van der Waals surface area contributed by atoms with E-state index in [0.29, 0.717) is 17.2 Å². The van der Waals surface area contributed by atoms with Gasteiger partial charge < -0.3 is 13.9 Å². The first kappa shape index (κ1) is 13.5. The molecule has 1 unspecified atom stereocenters. The van der Waals surface area contributed by atoms with E-state index < -0.39 is 0 Å². The lowest BCUT2D eigenvalue weighted by molar-refractivity contribution is 0.128. The molecule has 2 heterocycles. The van der Waals surface area contributed by atoms with Crippen LogP contribution < -0.4 is 4.74 Å². The van der Waals surface area contributed by atoms with Crippen molar-refractivity contribution < 1.29 is 13.9 Å². The van der Waals surface area contributed by atoms with Crippen LogP contribution in [0.5, 0.6) is 5.75 Å². The molecule has 0 N–H and O–H groups in total. The lowest BCUT2D eigenvalue weighted by Crippen LogP contribution is -2.07. The van der Waals surface area contributed by atoms with Crippen LogP contribution in [0.1, 0.15) is 12.8 Å². The molecule has 0 saturated carbocycles. The number of hydrogen-bond donors (Lipinski definition) is 0. The molecule has 0 amide bonds. The Hall–Kier alpha value is -1.53. The lowest BCUT2D eigenvalue weighted by atomic mass is 10.2. The number of benzene rings is 1. The molecule has 2 aromatic rings. The van der Waals surface area contributed by atoms with Crippen LogP contribution in [0, 0.1) is 0 Å². The number of nitrogens with zero attached hydrogens (tertiary/aromatic N) is 2. The molecule has 106 valence electrons. The zero-order valence-electron chi connectivity index (χ0n) is 11.2. The van der Waals surface area contributed by atoms with Crippen molar-refractivity contribution in [1.82, 2.24) is 10.2 Å². The van der Waals surface area contributed by atoms with Gasteiger partial charge >= 0.3 is 0 Å². The molecule has 0 aliphatic carbocycles. The predicted octanol–water partition coefficient (Wildman–Crippen LogP) is 3.02. The number of thioether (sulfide) groups is 1. The molecule has 1 aliphatic heterocycles. The number of aromatic nitrogens is 2. The monoisotopic (exact) mass is 292 g/mol. The number of methoxy groups -OCH3 is 1. The maximum atomic E-state index is 5.65. The van der Waals surface area contributed by atoms with E-state index in [0.717, 1.165) is 36.5 Å². The second kappa shape index (κ2) is 6.28. The van der Waals surface area contributed by atoms with Gasteiger partial charge in [0, 0.05) is 17.9 Å². The van der Waals surface area contributed by atoms with Crippen LogP contribution in [0.2, 0.25) is 0 Å². The molecule has 1 aliphatic rings. The predicted molar refractivity (Wildman–Crippen MR) is 76.0 cm³/mol. The normalized spacial score (nSPS) is 18.4. The summed E-state index contributed by atoms with van der Waals surface area (Å²) < 4.78 is 16.3. The van der Waals surface area contributed by atoms with E-state index >= 15 is 0 Å². The minimum Gasteiger partial charge on any atom is -0.497 e. The van der Waals surface area contributed by atoms with Crippen molar-refractivity contribution in [3.63, 3.8) is 0 Å². The SMILES string of the molecule is COc1ccc(-c2nnc(SCC3CCCO3)o2)cc1. The summed E-state index contributed by atoms with van der Waals surface area (Å²) in [6.07, 6.45) is 2.58. The highest BCUT2D eigenvalue weighted by molar-refractivity contribution is 7.99. The fourth-order valence-electron chi connectivity index (χ4n) is 2.06. The summed E-state index contributed by atoms with van der Waals surface area (Å²) >= 11 is 1.55. The van der Waals surface area contributed by atoms with Crippen molar-refractivity contribution in [1.29, 1.82) is 0 Å². The van der Waals surface area contributed by atoms with Crippen LogP contribution in [-0.2, 0) is 4.74 Å². The molecule has 6 heteroatoms. The molecular weight excluding hydrogens is 276 g/mol. The standard InChI is InChI=1S/C14H16N2O3S/c1-17-11-6-4-10(5-7-11)13-15-16-14(19-13)20-9-12-3-2-8-18-12/h4-7,12H,2-3,8-9H2,1H3. The average molecular weight is 292 g/mol. The van der Waals surface area contributed by atoms with Crippen LogP contribution in [0.4, 0.5) is 0 Å². The number of ether oxygens (including phenoxy) is 2. The lowest BCUT2D eigenvalue weighted by Gasteiger charge is -2.05. The van der Waals surface area contributed by atoms with E-state index in [2.05, 4.69) is 10.2 Å². The van der Waals surface area contributed by atoms with Gasteiger partial charge in [-0.1, -0.05) is 11.8 Å². The van der Waals surface area contributed by atoms with Gasteiger partial charge in [-0.2, -0.15) is 0 Å². The molecule has 1 atom stereocenters. The Bertz CT molecular complexity index is 550. The third-order valence-corrected chi connectivity index (χ3v) is 4.11. The van der Waals surface area contributed by atoms with E-state index in [4.69, 9.17) is 13.9 Å². The Morgan fingerprint density at radius 2 is 2.15 bits per heavy atom. The summed E-state index contributed by atoms with van der Waals surface area (Å²) in [7, 11) is 1.64. The van der Waals surface area contributed by atoms with Gasteiger partial charge in [0.25, 0.3) is 5.22 Å². The highest BCUT2D eigenvalue weighted by Gasteiger charge is 2.17. The van der Waals surface area contributed by atoms with Gasteiger partial charge in [0.2, 0.25) is 5.89 Å². The first-order valence-corrected chi connectivity index (χ1v) is 7.56. The van der Waals surface area contributed by atoms with Crippen LogP contribution >= 0.6 is 11.8 Å². The molecule has 0 radical (unpaired) electrons. The minimum atomic E-state index is 0.316. The zero-order valence-corrected chi connectivity index (χ0v) is 12.1. The van der Waals surface area contributed by atoms with E-state index in [1.807, 2.05) is 24.3 Å². The molecule has 1 saturated heterocycles. The molecule has 5 nitrogen and oxygen atoms in total. The van der Waals surface area contributed by atoms with Gasteiger partial charge in [-0.3, -0.25) is 0 Å². The van der Waals surface area contributed by atoms with Crippen LogP contribution in [0.25, 0.3) is 11.5 Å². The highest BCUT2D eigenvalue weighted by atomic mass is 32.2. The van der Waals surface area contributed by atoms with Crippen molar-refractivity contribution >= 4 is 11.8 Å². The summed E-state index contributed by atoms with van der Waals surface area (Å²) in [5.41, 5.74) is 0.891.